The predicted octanol–water partition coefficient (Wildman–Crippen LogP) is 2.73. The Hall–Kier alpha value is -3.62. The number of hydrogen-bond acceptors (Lipinski definition) is 6. The van der Waals surface area contributed by atoms with Crippen LogP contribution in [0.5, 0.6) is 0 Å². The number of halogens is 2. The van der Waals surface area contributed by atoms with Crippen LogP contribution < -0.4 is 16.4 Å². The van der Waals surface area contributed by atoms with E-state index >= 15 is 0 Å². The molecule has 3 aromatic heterocycles. The maximum atomic E-state index is 14.4. The number of aromatic nitrogens is 3. The molecular formula is C21H16ClFN6O. The number of dihydropyridines is 1. The van der Waals surface area contributed by atoms with E-state index < -0.39 is 17.5 Å². The second kappa shape index (κ2) is 8.02. The molecule has 4 rings (SSSR count). The Balaban J connectivity index is 1.72. The molecule has 1 aliphatic rings. The average molecular weight is 423 g/mol. The lowest BCUT2D eigenvalue weighted by Crippen LogP contribution is -2.64. The highest BCUT2D eigenvalue weighted by molar-refractivity contribution is 6.33. The molecule has 0 saturated heterocycles. The Morgan fingerprint density at radius 1 is 1.10 bits per heavy atom. The summed E-state index contributed by atoms with van der Waals surface area (Å²) in [6.45, 7) is 0. The molecule has 0 saturated carbocycles. The van der Waals surface area contributed by atoms with Crippen LogP contribution in [0, 0.1) is 5.82 Å². The molecule has 0 aliphatic carbocycles. The van der Waals surface area contributed by atoms with Gasteiger partial charge in [0.1, 0.15) is 5.82 Å². The molecule has 4 N–H and O–H groups in total. The van der Waals surface area contributed by atoms with E-state index in [9.17, 15) is 9.18 Å². The number of pyridine rings is 3. The zero-order valence-corrected chi connectivity index (χ0v) is 16.3. The average Bonchev–Trinajstić information content (AvgIpc) is 2.75. The number of carbonyl (C=O) groups is 1. The standard InChI is InChI=1S/C21H16ClFN6O/c22-17-11-26-9-5-16(17)20(30)29-21(24)6-3-15(14-4-8-27-12-18(14)23)19(28-21)13-2-1-7-25-10-13/h1-12,28H,24H2,(H,29,30). The highest BCUT2D eigenvalue weighted by Gasteiger charge is 2.31. The summed E-state index contributed by atoms with van der Waals surface area (Å²) in [5.41, 5.74) is 8.67. The summed E-state index contributed by atoms with van der Waals surface area (Å²) in [6.07, 6.45) is 11.9. The topological polar surface area (TPSA) is 106 Å². The number of amides is 1. The minimum absolute atomic E-state index is 0.195. The summed E-state index contributed by atoms with van der Waals surface area (Å²) in [5.74, 6) is -2.44. The van der Waals surface area contributed by atoms with Crippen LogP contribution >= 0.6 is 11.6 Å². The number of rotatable bonds is 4. The molecule has 0 spiro atoms. The molecule has 0 bridgehead atoms. The van der Waals surface area contributed by atoms with Crippen molar-refractivity contribution in [1.82, 2.24) is 25.6 Å². The van der Waals surface area contributed by atoms with Gasteiger partial charge >= 0.3 is 0 Å². The third-order valence-corrected chi connectivity index (χ3v) is 4.77. The number of hydrogen-bond donors (Lipinski definition) is 3. The summed E-state index contributed by atoms with van der Waals surface area (Å²) in [4.78, 5) is 24.5. The van der Waals surface area contributed by atoms with Crippen molar-refractivity contribution in [1.29, 1.82) is 0 Å². The van der Waals surface area contributed by atoms with Gasteiger partial charge in [-0.2, -0.15) is 0 Å². The molecule has 150 valence electrons. The van der Waals surface area contributed by atoms with E-state index in [4.69, 9.17) is 17.3 Å². The molecule has 0 aromatic carbocycles. The van der Waals surface area contributed by atoms with Gasteiger partial charge in [0.2, 0.25) is 0 Å². The smallest absolute Gasteiger partial charge is 0.255 e. The van der Waals surface area contributed by atoms with Gasteiger partial charge in [0.15, 0.2) is 5.79 Å². The summed E-state index contributed by atoms with van der Waals surface area (Å²) in [7, 11) is 0. The lowest BCUT2D eigenvalue weighted by Gasteiger charge is -2.35. The van der Waals surface area contributed by atoms with Crippen LogP contribution in [0.4, 0.5) is 4.39 Å². The maximum Gasteiger partial charge on any atom is 0.255 e. The van der Waals surface area contributed by atoms with Crippen molar-refractivity contribution in [3.63, 3.8) is 0 Å². The Bertz CT molecular complexity index is 1170. The second-order valence-corrected chi connectivity index (χ2v) is 6.93. The van der Waals surface area contributed by atoms with Gasteiger partial charge in [-0.05, 0) is 30.3 Å². The summed E-state index contributed by atoms with van der Waals surface area (Å²) >= 11 is 6.06. The fourth-order valence-electron chi connectivity index (χ4n) is 3.06. The first kappa shape index (κ1) is 19.7. The van der Waals surface area contributed by atoms with Crippen LogP contribution in [0.15, 0.2) is 73.6 Å². The van der Waals surface area contributed by atoms with E-state index in [-0.39, 0.29) is 10.6 Å². The van der Waals surface area contributed by atoms with Crippen molar-refractivity contribution >= 4 is 28.8 Å². The van der Waals surface area contributed by atoms with E-state index in [0.717, 1.165) is 6.20 Å². The van der Waals surface area contributed by atoms with Crippen molar-refractivity contribution in [2.75, 3.05) is 0 Å². The monoisotopic (exact) mass is 422 g/mol. The van der Waals surface area contributed by atoms with Crippen molar-refractivity contribution in [2.45, 2.75) is 5.79 Å². The minimum Gasteiger partial charge on any atom is -0.346 e. The molecule has 0 fully saturated rings. The van der Waals surface area contributed by atoms with Gasteiger partial charge in [-0.1, -0.05) is 17.7 Å². The number of carbonyl (C=O) groups excluding carboxylic acids is 1. The first-order valence-electron chi connectivity index (χ1n) is 8.90. The fourth-order valence-corrected chi connectivity index (χ4v) is 3.26. The van der Waals surface area contributed by atoms with Crippen molar-refractivity contribution in [2.24, 2.45) is 5.73 Å². The van der Waals surface area contributed by atoms with Crippen molar-refractivity contribution < 1.29 is 9.18 Å². The Morgan fingerprint density at radius 3 is 2.60 bits per heavy atom. The molecule has 1 unspecified atom stereocenters. The third-order valence-electron chi connectivity index (χ3n) is 4.46. The molecule has 1 amide bonds. The van der Waals surface area contributed by atoms with Crippen LogP contribution in [0.1, 0.15) is 21.5 Å². The SMILES string of the molecule is NC1(NC(=O)c2ccncc2Cl)C=CC(c2ccncc2F)=C(c2cccnc2)N1. The number of allylic oxidation sites excluding steroid dienone is 2. The van der Waals surface area contributed by atoms with Crippen LogP contribution in [-0.4, -0.2) is 26.6 Å². The summed E-state index contributed by atoms with van der Waals surface area (Å²) in [5, 5.41) is 6.00. The van der Waals surface area contributed by atoms with Crippen LogP contribution in [0.25, 0.3) is 11.3 Å². The van der Waals surface area contributed by atoms with Gasteiger partial charge in [0.25, 0.3) is 5.91 Å². The van der Waals surface area contributed by atoms with E-state index in [0.29, 0.717) is 22.4 Å². The van der Waals surface area contributed by atoms with Gasteiger partial charge in [-0.15, -0.1) is 0 Å². The van der Waals surface area contributed by atoms with E-state index in [1.54, 1.807) is 36.7 Å². The van der Waals surface area contributed by atoms with E-state index in [1.165, 1.54) is 30.7 Å². The van der Waals surface area contributed by atoms with Crippen LogP contribution in [0.2, 0.25) is 5.02 Å². The summed E-state index contributed by atoms with van der Waals surface area (Å²) in [6, 6.07) is 6.60. The maximum absolute atomic E-state index is 14.4. The van der Waals surface area contributed by atoms with Gasteiger partial charge in [0.05, 0.1) is 22.5 Å². The number of nitrogens with zero attached hydrogens (tertiary/aromatic N) is 3. The third kappa shape index (κ3) is 3.91. The van der Waals surface area contributed by atoms with Gasteiger partial charge in [-0.25, -0.2) is 4.39 Å². The van der Waals surface area contributed by atoms with Gasteiger partial charge < -0.3 is 10.6 Å². The molecular weight excluding hydrogens is 407 g/mol. The summed E-state index contributed by atoms with van der Waals surface area (Å²) < 4.78 is 14.4. The van der Waals surface area contributed by atoms with Crippen molar-refractivity contribution in [3.05, 3.63) is 101 Å². The molecule has 7 nitrogen and oxygen atoms in total. The highest BCUT2D eigenvalue weighted by atomic mass is 35.5. The van der Waals surface area contributed by atoms with Crippen molar-refractivity contribution in [3.8, 4) is 0 Å². The van der Waals surface area contributed by atoms with E-state index in [2.05, 4.69) is 25.6 Å². The fraction of sp³-hybridized carbons (Fsp3) is 0.0476. The highest BCUT2D eigenvalue weighted by Crippen LogP contribution is 2.31. The number of nitrogens with two attached hydrogens (primary N) is 1. The Kier molecular flexibility index (Phi) is 5.26. The molecule has 9 heteroatoms. The zero-order chi connectivity index (χ0) is 21.1. The largest absolute Gasteiger partial charge is 0.346 e. The molecule has 4 heterocycles. The quantitative estimate of drug-likeness (QED) is 0.558. The second-order valence-electron chi connectivity index (χ2n) is 6.52. The molecule has 1 aliphatic heterocycles. The molecule has 3 aromatic rings. The molecule has 1 atom stereocenters. The molecule has 0 radical (unpaired) electrons. The minimum atomic E-state index is -1.46. The normalized spacial score (nSPS) is 18.1. The lowest BCUT2D eigenvalue weighted by molar-refractivity contribution is 0.0912. The Labute approximate surface area is 176 Å². The zero-order valence-electron chi connectivity index (χ0n) is 15.5. The Morgan fingerprint density at radius 2 is 1.87 bits per heavy atom. The van der Waals surface area contributed by atoms with E-state index in [1.807, 2.05) is 0 Å². The van der Waals surface area contributed by atoms with Gasteiger partial charge in [0, 0.05) is 47.7 Å². The first-order chi connectivity index (χ1) is 14.5. The number of nitrogens with one attached hydrogen (secondary N) is 2. The van der Waals surface area contributed by atoms with Gasteiger partial charge in [-0.3, -0.25) is 25.5 Å². The lowest BCUT2D eigenvalue weighted by atomic mass is 9.96. The molecule has 30 heavy (non-hydrogen) atoms. The first-order valence-corrected chi connectivity index (χ1v) is 9.27. The van der Waals surface area contributed by atoms with Crippen LogP contribution in [-0.2, 0) is 0 Å². The predicted molar refractivity (Wildman–Crippen MR) is 111 cm³/mol. The van der Waals surface area contributed by atoms with Crippen LogP contribution in [0.3, 0.4) is 0 Å².